The molecule has 0 unspecified atom stereocenters. The number of hydrogen-bond acceptors (Lipinski definition) is 6. The number of aromatic nitrogens is 2. The number of hydrogen-bond donors (Lipinski definition) is 2. The van der Waals surface area contributed by atoms with Crippen LogP contribution in [0.4, 0.5) is 5.13 Å². The van der Waals surface area contributed by atoms with Gasteiger partial charge in [-0.1, -0.05) is 23.1 Å². The van der Waals surface area contributed by atoms with E-state index in [4.69, 9.17) is 5.73 Å². The van der Waals surface area contributed by atoms with Crippen molar-refractivity contribution in [1.82, 2.24) is 10.2 Å². The summed E-state index contributed by atoms with van der Waals surface area (Å²) in [4.78, 5) is 10.8. The maximum Gasteiger partial charge on any atom is 0.230 e. The highest BCUT2D eigenvalue weighted by molar-refractivity contribution is 8.02. The molecule has 1 aromatic heterocycles. The van der Waals surface area contributed by atoms with Gasteiger partial charge < -0.3 is 11.1 Å². The Morgan fingerprint density at radius 2 is 2.40 bits per heavy atom. The molecule has 1 saturated carbocycles. The first-order valence-electron chi connectivity index (χ1n) is 4.71. The second-order valence-electron chi connectivity index (χ2n) is 3.45. The molecule has 1 amide bonds. The molecule has 1 aromatic rings. The van der Waals surface area contributed by atoms with E-state index in [1.165, 1.54) is 35.9 Å². The smallest absolute Gasteiger partial charge is 0.230 e. The molecule has 0 spiro atoms. The lowest BCUT2D eigenvalue weighted by Crippen LogP contribution is -2.22. The van der Waals surface area contributed by atoms with Crippen LogP contribution in [0.1, 0.15) is 19.8 Å². The second kappa shape index (κ2) is 4.36. The van der Waals surface area contributed by atoms with Gasteiger partial charge in [-0.05, 0) is 19.8 Å². The number of thioether (sulfide) groups is 1. The van der Waals surface area contributed by atoms with Gasteiger partial charge in [0.15, 0.2) is 4.34 Å². The molecule has 3 N–H and O–H groups in total. The van der Waals surface area contributed by atoms with E-state index in [0.29, 0.717) is 6.04 Å². The summed E-state index contributed by atoms with van der Waals surface area (Å²) in [5, 5.41) is 11.8. The Bertz CT molecular complexity index is 363. The van der Waals surface area contributed by atoms with Crippen molar-refractivity contribution in [3.8, 4) is 0 Å². The minimum Gasteiger partial charge on any atom is -0.369 e. The van der Waals surface area contributed by atoms with Crippen LogP contribution in [0, 0.1) is 0 Å². The Kier molecular flexibility index (Phi) is 3.11. The van der Waals surface area contributed by atoms with Gasteiger partial charge in [-0.3, -0.25) is 4.79 Å². The summed E-state index contributed by atoms with van der Waals surface area (Å²) in [5.41, 5.74) is 5.16. The van der Waals surface area contributed by atoms with Gasteiger partial charge in [-0.15, -0.1) is 10.2 Å². The maximum atomic E-state index is 10.8. The van der Waals surface area contributed by atoms with E-state index in [2.05, 4.69) is 15.5 Å². The molecule has 7 heteroatoms. The fourth-order valence-corrected chi connectivity index (χ4v) is 2.85. The van der Waals surface area contributed by atoms with Gasteiger partial charge in [0.05, 0.1) is 5.25 Å². The van der Waals surface area contributed by atoms with E-state index >= 15 is 0 Å². The average Bonchev–Trinajstić information content (AvgIpc) is 2.87. The van der Waals surface area contributed by atoms with Crippen molar-refractivity contribution < 1.29 is 4.79 Å². The van der Waals surface area contributed by atoms with Crippen molar-refractivity contribution in [1.29, 1.82) is 0 Å². The van der Waals surface area contributed by atoms with Crippen LogP contribution in [0.3, 0.4) is 0 Å². The van der Waals surface area contributed by atoms with Gasteiger partial charge in [0, 0.05) is 6.04 Å². The van der Waals surface area contributed by atoms with Gasteiger partial charge in [0.2, 0.25) is 11.0 Å². The van der Waals surface area contributed by atoms with Crippen molar-refractivity contribution >= 4 is 34.1 Å². The predicted octanol–water partition coefficient (Wildman–Crippen LogP) is 1.08. The number of rotatable bonds is 5. The molecule has 1 heterocycles. The second-order valence-corrected chi connectivity index (χ2v) is 6.02. The Morgan fingerprint density at radius 1 is 1.67 bits per heavy atom. The third kappa shape index (κ3) is 3.07. The number of carbonyl (C=O) groups is 1. The highest BCUT2D eigenvalue weighted by Gasteiger charge is 2.22. The number of nitrogens with two attached hydrogens (primary N) is 1. The molecule has 5 nitrogen and oxygen atoms in total. The van der Waals surface area contributed by atoms with E-state index in [1.807, 2.05) is 0 Å². The highest BCUT2D eigenvalue weighted by Crippen LogP contribution is 2.31. The molecule has 82 valence electrons. The first kappa shape index (κ1) is 10.7. The van der Waals surface area contributed by atoms with Crippen molar-refractivity contribution in [2.75, 3.05) is 5.32 Å². The zero-order chi connectivity index (χ0) is 10.8. The summed E-state index contributed by atoms with van der Waals surface area (Å²) in [6, 6.07) is 0.573. The van der Waals surface area contributed by atoms with Crippen LogP contribution >= 0.6 is 23.1 Å². The van der Waals surface area contributed by atoms with E-state index in [9.17, 15) is 4.79 Å². The molecule has 0 bridgehead atoms. The van der Waals surface area contributed by atoms with Crippen molar-refractivity contribution in [3.63, 3.8) is 0 Å². The number of amides is 1. The number of primary amides is 1. The Balaban J connectivity index is 1.90. The van der Waals surface area contributed by atoms with Crippen molar-refractivity contribution in [3.05, 3.63) is 0 Å². The minimum atomic E-state index is -0.327. The topological polar surface area (TPSA) is 80.9 Å². The van der Waals surface area contributed by atoms with Crippen LogP contribution in [0.5, 0.6) is 0 Å². The van der Waals surface area contributed by atoms with Crippen LogP contribution < -0.4 is 11.1 Å². The van der Waals surface area contributed by atoms with Crippen LogP contribution in [-0.4, -0.2) is 27.4 Å². The van der Waals surface area contributed by atoms with Crippen molar-refractivity contribution in [2.24, 2.45) is 5.73 Å². The molecular weight excluding hydrogens is 232 g/mol. The number of anilines is 1. The lowest BCUT2D eigenvalue weighted by molar-refractivity contribution is -0.117. The van der Waals surface area contributed by atoms with Gasteiger partial charge in [-0.25, -0.2) is 0 Å². The average molecular weight is 244 g/mol. The zero-order valence-corrected chi connectivity index (χ0v) is 9.90. The van der Waals surface area contributed by atoms with Gasteiger partial charge in [0.1, 0.15) is 0 Å². The molecule has 1 fully saturated rings. The van der Waals surface area contributed by atoms with Gasteiger partial charge >= 0.3 is 0 Å². The Labute approximate surface area is 95.8 Å². The summed E-state index contributed by atoms with van der Waals surface area (Å²) in [6.45, 7) is 1.77. The molecule has 2 rings (SSSR count). The summed E-state index contributed by atoms with van der Waals surface area (Å²) in [5.74, 6) is -0.327. The SMILES string of the molecule is C[C@@H](Sc1nnc(NC2CC2)s1)C(N)=O. The molecule has 15 heavy (non-hydrogen) atoms. The third-order valence-corrected chi connectivity index (χ3v) is 4.05. The third-order valence-electron chi connectivity index (χ3n) is 1.99. The number of carbonyl (C=O) groups excluding carboxylic acids is 1. The Morgan fingerprint density at radius 3 is 3.00 bits per heavy atom. The molecule has 0 aromatic carbocycles. The minimum absolute atomic E-state index is 0.258. The quantitative estimate of drug-likeness (QED) is 0.757. The summed E-state index contributed by atoms with van der Waals surface area (Å²) in [7, 11) is 0. The molecule has 0 aliphatic heterocycles. The number of nitrogens with zero attached hydrogens (tertiary/aromatic N) is 2. The molecular formula is C8H12N4OS2. The fourth-order valence-electron chi connectivity index (χ4n) is 0.927. The maximum absolute atomic E-state index is 10.8. The van der Waals surface area contributed by atoms with Gasteiger partial charge in [0.25, 0.3) is 0 Å². The predicted molar refractivity (Wildman–Crippen MR) is 61.1 cm³/mol. The molecule has 1 aliphatic rings. The molecule has 1 aliphatic carbocycles. The normalized spacial score (nSPS) is 17.4. The highest BCUT2D eigenvalue weighted by atomic mass is 32.2. The summed E-state index contributed by atoms with van der Waals surface area (Å²) < 4.78 is 0.782. The molecule has 0 radical (unpaired) electrons. The lowest BCUT2D eigenvalue weighted by atomic mass is 10.5. The lowest BCUT2D eigenvalue weighted by Gasteiger charge is -2.01. The van der Waals surface area contributed by atoms with Gasteiger partial charge in [-0.2, -0.15) is 0 Å². The van der Waals surface area contributed by atoms with E-state index < -0.39 is 0 Å². The standard InChI is InChI=1S/C8H12N4OS2/c1-4(6(9)13)14-8-12-11-7(15-8)10-5-2-3-5/h4-5H,2-3H2,1H3,(H2,9,13)(H,10,11)/t4-/m1/s1. The first-order valence-corrected chi connectivity index (χ1v) is 6.41. The van der Waals surface area contributed by atoms with E-state index in [0.717, 1.165) is 9.47 Å². The first-order chi connectivity index (χ1) is 7.15. The van der Waals surface area contributed by atoms with Crippen LogP contribution in [-0.2, 0) is 4.79 Å². The van der Waals surface area contributed by atoms with Crippen LogP contribution in [0.2, 0.25) is 0 Å². The monoisotopic (exact) mass is 244 g/mol. The van der Waals surface area contributed by atoms with Crippen molar-refractivity contribution in [2.45, 2.75) is 35.4 Å². The summed E-state index contributed by atoms with van der Waals surface area (Å²) in [6.07, 6.45) is 2.42. The van der Waals surface area contributed by atoms with Crippen LogP contribution in [0.15, 0.2) is 4.34 Å². The molecule has 0 saturated heterocycles. The van der Waals surface area contributed by atoms with E-state index in [1.54, 1.807) is 6.92 Å². The fraction of sp³-hybridized carbons (Fsp3) is 0.625. The summed E-state index contributed by atoms with van der Waals surface area (Å²) >= 11 is 2.82. The molecule has 1 atom stereocenters. The Hall–Kier alpha value is -0.820. The van der Waals surface area contributed by atoms with Crippen LogP contribution in [0.25, 0.3) is 0 Å². The largest absolute Gasteiger partial charge is 0.369 e. The number of nitrogens with one attached hydrogen (secondary N) is 1. The van der Waals surface area contributed by atoms with E-state index in [-0.39, 0.29) is 11.2 Å². The zero-order valence-electron chi connectivity index (χ0n) is 8.27.